The molecule has 0 spiro atoms. The summed E-state index contributed by atoms with van der Waals surface area (Å²) in [7, 11) is 1.57. The molecule has 47 heavy (non-hydrogen) atoms. The molecule has 4 aromatic rings. The van der Waals surface area contributed by atoms with E-state index in [0.717, 1.165) is 43.2 Å². The van der Waals surface area contributed by atoms with Crippen molar-refractivity contribution >= 4 is 11.4 Å². The van der Waals surface area contributed by atoms with Crippen LogP contribution in [0.5, 0.6) is 34.5 Å². The number of unbranched alkanes of at least 4 members (excludes halogenated alkanes) is 2. The number of aliphatic hydroxyl groups is 2. The molecule has 4 aromatic carbocycles. The average molecular weight is 653 g/mol. The predicted molar refractivity (Wildman–Crippen MR) is 182 cm³/mol. The number of phenolic OH excluding ortho intramolecular Hbond substituents is 1. The Kier molecular flexibility index (Phi) is 15.6. The van der Waals surface area contributed by atoms with E-state index in [0.29, 0.717) is 42.4 Å². The first-order chi connectivity index (χ1) is 22.8. The van der Waals surface area contributed by atoms with Crippen LogP contribution in [0.15, 0.2) is 72.8 Å². The van der Waals surface area contributed by atoms with E-state index >= 15 is 0 Å². The van der Waals surface area contributed by atoms with Crippen molar-refractivity contribution < 1.29 is 38.3 Å². The van der Waals surface area contributed by atoms with Gasteiger partial charge in [-0.3, -0.25) is 0 Å². The van der Waals surface area contributed by atoms with Crippen LogP contribution in [0.4, 0.5) is 20.2 Å². The normalized spacial score (nSPS) is 10.5. The molecular weight excluding hydrogens is 606 g/mol. The molecule has 0 amide bonds. The minimum absolute atomic E-state index is 0.00467. The largest absolute Gasteiger partial charge is 0.504 e. The summed E-state index contributed by atoms with van der Waals surface area (Å²) in [5.41, 5.74) is 3.45. The Morgan fingerprint density at radius 2 is 1.04 bits per heavy atom. The molecule has 0 aromatic heterocycles. The standard InChI is InChI=1S/C19H24FNO3.C18H22FNO3/c1-3-14-6-8-18(19(12-14)23-2)24-17-9-7-15(13-16(17)20)21-10-4-5-11-22;1-2-13-5-7-18(16(22)11-13)23-17-8-6-14(12-15(17)19)20-9-3-4-10-21/h6-9,12-13,21-22H,3-5,10-11H2,1-2H3;5-8,11-12,20-22H,2-4,9-10H2,1H3. The van der Waals surface area contributed by atoms with Crippen molar-refractivity contribution in [3.05, 3.63) is 95.6 Å². The summed E-state index contributed by atoms with van der Waals surface area (Å²) in [6, 6.07) is 20.1. The third kappa shape index (κ3) is 12.0. The molecule has 5 N–H and O–H groups in total. The number of halogens is 2. The van der Waals surface area contributed by atoms with Crippen molar-refractivity contribution in [1.82, 2.24) is 0 Å². The summed E-state index contributed by atoms with van der Waals surface area (Å²) in [6.45, 7) is 5.72. The lowest BCUT2D eigenvalue weighted by Crippen LogP contribution is -2.03. The Labute approximate surface area is 276 Å². The molecule has 4 rings (SSSR count). The number of nitrogens with one attached hydrogen (secondary N) is 2. The van der Waals surface area contributed by atoms with E-state index in [1.165, 1.54) is 18.2 Å². The van der Waals surface area contributed by atoms with Crippen molar-refractivity contribution in [1.29, 1.82) is 0 Å². The van der Waals surface area contributed by atoms with Crippen LogP contribution in [0.3, 0.4) is 0 Å². The molecule has 0 unspecified atom stereocenters. The Morgan fingerprint density at radius 3 is 1.49 bits per heavy atom. The van der Waals surface area contributed by atoms with Crippen LogP contribution in [0.25, 0.3) is 0 Å². The first kappa shape index (κ1) is 36.9. The van der Waals surface area contributed by atoms with E-state index in [1.54, 1.807) is 43.5 Å². The molecule has 0 aliphatic rings. The number of aromatic hydroxyl groups is 1. The minimum Gasteiger partial charge on any atom is -0.504 e. The minimum atomic E-state index is -0.504. The monoisotopic (exact) mass is 652 g/mol. The number of hydrogen-bond donors (Lipinski definition) is 5. The van der Waals surface area contributed by atoms with Gasteiger partial charge in [0.25, 0.3) is 0 Å². The third-order valence-electron chi connectivity index (χ3n) is 7.20. The van der Waals surface area contributed by atoms with E-state index in [9.17, 15) is 13.9 Å². The Bertz CT molecular complexity index is 1540. The molecule has 0 aliphatic heterocycles. The highest BCUT2D eigenvalue weighted by atomic mass is 19.1. The zero-order valence-corrected chi connectivity index (χ0v) is 27.3. The van der Waals surface area contributed by atoms with Gasteiger partial charge in [-0.25, -0.2) is 8.78 Å². The maximum absolute atomic E-state index is 14.2. The summed E-state index contributed by atoms with van der Waals surface area (Å²) in [5, 5.41) is 33.6. The lowest BCUT2D eigenvalue weighted by Gasteiger charge is -2.13. The number of phenols is 1. The highest BCUT2D eigenvalue weighted by Crippen LogP contribution is 2.35. The van der Waals surface area contributed by atoms with Crippen molar-refractivity contribution in [3.63, 3.8) is 0 Å². The van der Waals surface area contributed by atoms with Crippen LogP contribution in [0.2, 0.25) is 0 Å². The van der Waals surface area contributed by atoms with Crippen molar-refractivity contribution in [2.45, 2.75) is 52.4 Å². The van der Waals surface area contributed by atoms with Crippen molar-refractivity contribution in [3.8, 4) is 34.5 Å². The number of hydrogen-bond acceptors (Lipinski definition) is 8. The van der Waals surface area contributed by atoms with Gasteiger partial charge in [-0.1, -0.05) is 26.0 Å². The van der Waals surface area contributed by atoms with E-state index in [2.05, 4.69) is 17.6 Å². The highest BCUT2D eigenvalue weighted by Gasteiger charge is 2.12. The number of ether oxygens (including phenoxy) is 3. The molecular formula is C37H46F2N2O6. The van der Waals surface area contributed by atoms with Crippen LogP contribution in [-0.4, -0.2) is 48.7 Å². The van der Waals surface area contributed by atoms with Gasteiger partial charge in [0.15, 0.2) is 46.1 Å². The van der Waals surface area contributed by atoms with Gasteiger partial charge < -0.3 is 40.2 Å². The number of benzene rings is 4. The SMILES string of the molecule is CCc1ccc(Oc2ccc(NCCCCO)cc2F)c(O)c1.CCc1ccc(Oc2ccc(NCCCCO)cc2F)c(OC)c1. The molecule has 0 aliphatic carbocycles. The first-order valence-corrected chi connectivity index (χ1v) is 15.9. The Balaban J connectivity index is 0.000000256. The van der Waals surface area contributed by atoms with Crippen LogP contribution >= 0.6 is 0 Å². The highest BCUT2D eigenvalue weighted by molar-refractivity contribution is 5.51. The first-order valence-electron chi connectivity index (χ1n) is 15.9. The summed E-state index contributed by atoms with van der Waals surface area (Å²) in [6.07, 6.45) is 4.78. The lowest BCUT2D eigenvalue weighted by molar-refractivity contribution is 0.286. The smallest absolute Gasteiger partial charge is 0.169 e. The fourth-order valence-corrected chi connectivity index (χ4v) is 4.45. The maximum Gasteiger partial charge on any atom is 0.169 e. The van der Waals surface area contributed by atoms with E-state index in [-0.39, 0.29) is 36.2 Å². The van der Waals surface area contributed by atoms with Gasteiger partial charge >= 0.3 is 0 Å². The van der Waals surface area contributed by atoms with Crippen LogP contribution in [0, 0.1) is 11.6 Å². The summed E-state index contributed by atoms with van der Waals surface area (Å²) >= 11 is 0. The second-order valence-corrected chi connectivity index (χ2v) is 10.7. The van der Waals surface area contributed by atoms with E-state index in [4.69, 9.17) is 24.4 Å². The van der Waals surface area contributed by atoms with Crippen molar-refractivity contribution in [2.75, 3.05) is 44.0 Å². The quantitative estimate of drug-likeness (QED) is 0.0723. The fraction of sp³-hybridized carbons (Fsp3) is 0.351. The predicted octanol–water partition coefficient (Wildman–Crippen LogP) is 8.44. The summed E-state index contributed by atoms with van der Waals surface area (Å²) in [5.74, 6) is 0.556. The Hall–Kier alpha value is -4.54. The van der Waals surface area contributed by atoms with Gasteiger partial charge in [-0.2, -0.15) is 0 Å². The van der Waals surface area contributed by atoms with Gasteiger partial charge in [0, 0.05) is 49.8 Å². The molecule has 0 bridgehead atoms. The van der Waals surface area contributed by atoms with Crippen LogP contribution in [0.1, 0.15) is 50.7 Å². The number of aliphatic hydroxyl groups excluding tert-OH is 2. The Morgan fingerprint density at radius 1 is 0.574 bits per heavy atom. The van der Waals surface area contributed by atoms with E-state index < -0.39 is 11.6 Å². The zero-order valence-electron chi connectivity index (χ0n) is 27.3. The molecule has 254 valence electrons. The molecule has 0 atom stereocenters. The summed E-state index contributed by atoms with van der Waals surface area (Å²) in [4.78, 5) is 0. The molecule has 0 heterocycles. The second-order valence-electron chi connectivity index (χ2n) is 10.7. The maximum atomic E-state index is 14.2. The van der Waals surface area contributed by atoms with E-state index in [1.807, 2.05) is 25.1 Å². The molecule has 10 heteroatoms. The molecule has 0 saturated heterocycles. The lowest BCUT2D eigenvalue weighted by atomic mass is 10.1. The fourth-order valence-electron chi connectivity index (χ4n) is 4.45. The van der Waals surface area contributed by atoms with Crippen LogP contribution < -0.4 is 24.8 Å². The van der Waals surface area contributed by atoms with Gasteiger partial charge in [0.1, 0.15) is 0 Å². The van der Waals surface area contributed by atoms with Crippen molar-refractivity contribution in [2.24, 2.45) is 0 Å². The number of aryl methyl sites for hydroxylation is 2. The number of anilines is 2. The number of rotatable bonds is 17. The molecule has 8 nitrogen and oxygen atoms in total. The summed E-state index contributed by atoms with van der Waals surface area (Å²) < 4.78 is 44.8. The molecule has 0 saturated carbocycles. The molecule has 0 fully saturated rings. The van der Waals surface area contributed by atoms with Gasteiger partial charge in [-0.15, -0.1) is 0 Å². The van der Waals surface area contributed by atoms with Crippen LogP contribution in [-0.2, 0) is 12.8 Å². The second kappa shape index (κ2) is 19.9. The molecule has 0 radical (unpaired) electrons. The topological polar surface area (TPSA) is 112 Å². The average Bonchev–Trinajstić information content (AvgIpc) is 3.08. The number of methoxy groups -OCH3 is 1. The van der Waals surface area contributed by atoms with Gasteiger partial charge in [0.05, 0.1) is 7.11 Å². The van der Waals surface area contributed by atoms with Gasteiger partial charge in [-0.05, 0) is 98.2 Å². The zero-order chi connectivity index (χ0) is 34.0. The van der Waals surface area contributed by atoms with Gasteiger partial charge in [0.2, 0.25) is 0 Å². The third-order valence-corrected chi connectivity index (χ3v) is 7.20.